The van der Waals surface area contributed by atoms with E-state index < -0.39 is 0 Å². The Bertz CT molecular complexity index is 705. The van der Waals surface area contributed by atoms with Gasteiger partial charge in [0.15, 0.2) is 0 Å². The molecule has 0 saturated heterocycles. The van der Waals surface area contributed by atoms with Crippen molar-refractivity contribution in [1.82, 2.24) is 9.55 Å². The van der Waals surface area contributed by atoms with Crippen molar-refractivity contribution in [3.05, 3.63) is 34.1 Å². The number of rotatable bonds is 3. The van der Waals surface area contributed by atoms with Crippen LogP contribution in [0.3, 0.4) is 0 Å². The Hall–Kier alpha value is -1.73. The first-order valence-corrected chi connectivity index (χ1v) is 7.47. The first-order valence-electron chi connectivity index (χ1n) is 6.67. The fraction of sp³-hybridized carbons (Fsp3) is 0.312. The van der Waals surface area contributed by atoms with E-state index in [0.717, 1.165) is 21.6 Å². The van der Waals surface area contributed by atoms with Crippen molar-refractivity contribution in [2.75, 3.05) is 5.73 Å². The largest absolute Gasteiger partial charge is 0.383 e. The van der Waals surface area contributed by atoms with Crippen LogP contribution in [0.2, 0.25) is 0 Å². The summed E-state index contributed by atoms with van der Waals surface area (Å²) in [6, 6.07) is 6.19. The molecule has 1 aliphatic carbocycles. The van der Waals surface area contributed by atoms with Crippen LogP contribution >= 0.6 is 15.9 Å². The van der Waals surface area contributed by atoms with E-state index in [2.05, 4.69) is 47.0 Å². The van der Waals surface area contributed by atoms with E-state index in [1.54, 1.807) is 0 Å². The van der Waals surface area contributed by atoms with E-state index in [0.29, 0.717) is 18.3 Å². The number of terminal acetylenes is 1. The monoisotopic (exact) mass is 329 g/mol. The number of nitrogen functional groups attached to an aromatic ring is 1. The summed E-state index contributed by atoms with van der Waals surface area (Å²) in [6.45, 7) is 2.54. The summed E-state index contributed by atoms with van der Waals surface area (Å²) in [5.74, 6) is 4.88. The van der Waals surface area contributed by atoms with Gasteiger partial charge in [-0.25, -0.2) is 4.98 Å². The zero-order valence-corrected chi connectivity index (χ0v) is 12.9. The van der Waals surface area contributed by atoms with Gasteiger partial charge in [-0.15, -0.1) is 6.42 Å². The second-order valence-corrected chi connectivity index (χ2v) is 6.11. The van der Waals surface area contributed by atoms with Crippen molar-refractivity contribution >= 4 is 21.7 Å². The molecule has 1 heterocycles. The van der Waals surface area contributed by atoms with Gasteiger partial charge in [0.1, 0.15) is 17.3 Å². The Balaban J connectivity index is 2.14. The highest BCUT2D eigenvalue weighted by molar-refractivity contribution is 9.10. The van der Waals surface area contributed by atoms with Crippen LogP contribution in [0.4, 0.5) is 5.82 Å². The molecule has 2 N–H and O–H groups in total. The fourth-order valence-electron chi connectivity index (χ4n) is 2.40. The minimum atomic E-state index is 0.480. The summed E-state index contributed by atoms with van der Waals surface area (Å²) >= 11 is 3.60. The number of hydrogen-bond acceptors (Lipinski definition) is 2. The number of imidazole rings is 1. The first kappa shape index (κ1) is 13.3. The number of benzene rings is 1. The quantitative estimate of drug-likeness (QED) is 0.872. The maximum absolute atomic E-state index is 6.28. The van der Waals surface area contributed by atoms with Gasteiger partial charge >= 0.3 is 0 Å². The Kier molecular flexibility index (Phi) is 3.31. The molecule has 3 nitrogen and oxygen atoms in total. The highest BCUT2D eigenvalue weighted by atomic mass is 79.9. The fourth-order valence-corrected chi connectivity index (χ4v) is 3.09. The highest BCUT2D eigenvalue weighted by Crippen LogP contribution is 2.43. The Labute approximate surface area is 127 Å². The van der Waals surface area contributed by atoms with Crippen molar-refractivity contribution in [1.29, 1.82) is 0 Å². The summed E-state index contributed by atoms with van der Waals surface area (Å²) in [4.78, 5) is 4.76. The third-order valence-corrected chi connectivity index (χ3v) is 4.26. The summed E-state index contributed by atoms with van der Waals surface area (Å²) < 4.78 is 2.98. The SMILES string of the molecule is C#CCn1c(C2CC2)nc(-c2ccc(C)cc2Br)c1N. The van der Waals surface area contributed by atoms with Crippen LogP contribution in [0.25, 0.3) is 11.3 Å². The summed E-state index contributed by atoms with van der Waals surface area (Å²) in [7, 11) is 0. The molecule has 1 aliphatic rings. The average molecular weight is 330 g/mol. The van der Waals surface area contributed by atoms with Gasteiger partial charge in [-0.2, -0.15) is 0 Å². The molecule has 20 heavy (non-hydrogen) atoms. The summed E-state index contributed by atoms with van der Waals surface area (Å²) in [6.07, 6.45) is 7.81. The van der Waals surface area contributed by atoms with Crippen molar-refractivity contribution in [3.8, 4) is 23.6 Å². The first-order chi connectivity index (χ1) is 9.61. The van der Waals surface area contributed by atoms with Crippen LogP contribution in [-0.2, 0) is 6.54 Å². The number of aromatic nitrogens is 2. The Morgan fingerprint density at radius 2 is 2.25 bits per heavy atom. The van der Waals surface area contributed by atoms with Gasteiger partial charge in [0.05, 0.1) is 6.54 Å². The predicted octanol–water partition coefficient (Wildman–Crippen LogP) is 3.71. The van der Waals surface area contributed by atoms with Crippen LogP contribution in [0.1, 0.15) is 30.1 Å². The van der Waals surface area contributed by atoms with E-state index in [1.807, 2.05) is 4.57 Å². The topological polar surface area (TPSA) is 43.8 Å². The molecule has 1 saturated carbocycles. The Morgan fingerprint density at radius 1 is 1.50 bits per heavy atom. The van der Waals surface area contributed by atoms with Crippen molar-refractivity contribution in [2.45, 2.75) is 32.2 Å². The number of halogens is 1. The molecule has 0 amide bonds. The van der Waals surface area contributed by atoms with Crippen molar-refractivity contribution in [2.24, 2.45) is 0 Å². The molecule has 0 bridgehead atoms. The molecular formula is C16H16BrN3. The van der Waals surface area contributed by atoms with Gasteiger partial charge < -0.3 is 10.3 Å². The van der Waals surface area contributed by atoms with E-state index in [-0.39, 0.29) is 0 Å². The summed E-state index contributed by atoms with van der Waals surface area (Å²) in [5, 5.41) is 0. The van der Waals surface area contributed by atoms with E-state index >= 15 is 0 Å². The van der Waals surface area contributed by atoms with Crippen LogP contribution in [0.5, 0.6) is 0 Å². The van der Waals surface area contributed by atoms with Crippen LogP contribution in [-0.4, -0.2) is 9.55 Å². The molecule has 0 radical (unpaired) electrons. The number of anilines is 1. The molecule has 102 valence electrons. The minimum absolute atomic E-state index is 0.480. The van der Waals surface area contributed by atoms with Crippen LogP contribution in [0.15, 0.2) is 22.7 Å². The van der Waals surface area contributed by atoms with Gasteiger partial charge in [0.25, 0.3) is 0 Å². The molecular weight excluding hydrogens is 314 g/mol. The smallest absolute Gasteiger partial charge is 0.132 e. The standard InChI is InChI=1S/C16H16BrN3/c1-3-8-20-15(18)14(19-16(20)11-5-6-11)12-7-4-10(2)9-13(12)17/h1,4,7,9,11H,5-6,8,18H2,2H3. The van der Waals surface area contributed by atoms with Crippen molar-refractivity contribution in [3.63, 3.8) is 0 Å². The highest BCUT2D eigenvalue weighted by Gasteiger charge is 2.31. The molecule has 0 aliphatic heterocycles. The lowest BCUT2D eigenvalue weighted by molar-refractivity contribution is 0.762. The average Bonchev–Trinajstić information content (AvgIpc) is 3.19. The lowest BCUT2D eigenvalue weighted by Crippen LogP contribution is -2.05. The molecule has 0 spiro atoms. The van der Waals surface area contributed by atoms with Gasteiger partial charge in [0, 0.05) is 16.0 Å². The molecule has 2 aromatic rings. The molecule has 1 aromatic carbocycles. The Morgan fingerprint density at radius 3 is 2.85 bits per heavy atom. The maximum atomic E-state index is 6.28. The number of nitrogens with zero attached hydrogens (tertiary/aromatic N) is 2. The minimum Gasteiger partial charge on any atom is -0.383 e. The molecule has 0 unspecified atom stereocenters. The van der Waals surface area contributed by atoms with Crippen LogP contribution < -0.4 is 5.73 Å². The second-order valence-electron chi connectivity index (χ2n) is 5.25. The van der Waals surface area contributed by atoms with Gasteiger partial charge in [0.2, 0.25) is 0 Å². The summed E-state index contributed by atoms with van der Waals surface area (Å²) in [5.41, 5.74) is 9.32. The van der Waals surface area contributed by atoms with E-state index in [1.165, 1.54) is 18.4 Å². The number of nitrogens with two attached hydrogens (primary N) is 1. The zero-order chi connectivity index (χ0) is 14.3. The third-order valence-electron chi connectivity index (χ3n) is 3.61. The maximum Gasteiger partial charge on any atom is 0.132 e. The predicted molar refractivity (Wildman–Crippen MR) is 85.3 cm³/mol. The van der Waals surface area contributed by atoms with Gasteiger partial charge in [-0.05, 0) is 31.4 Å². The van der Waals surface area contributed by atoms with Gasteiger partial charge in [-0.1, -0.05) is 34.0 Å². The van der Waals surface area contributed by atoms with Gasteiger partial charge in [-0.3, -0.25) is 0 Å². The normalized spacial score (nSPS) is 14.2. The lowest BCUT2D eigenvalue weighted by atomic mass is 10.1. The number of aryl methyl sites for hydroxylation is 1. The van der Waals surface area contributed by atoms with Crippen LogP contribution in [0, 0.1) is 19.3 Å². The van der Waals surface area contributed by atoms with E-state index in [9.17, 15) is 0 Å². The lowest BCUT2D eigenvalue weighted by Gasteiger charge is -2.06. The molecule has 0 atom stereocenters. The molecule has 4 heteroatoms. The van der Waals surface area contributed by atoms with E-state index in [4.69, 9.17) is 17.1 Å². The number of hydrogen-bond donors (Lipinski definition) is 1. The second kappa shape index (κ2) is 4.99. The molecule has 1 aromatic heterocycles. The zero-order valence-electron chi connectivity index (χ0n) is 11.4. The van der Waals surface area contributed by atoms with Crippen molar-refractivity contribution < 1.29 is 0 Å². The third kappa shape index (κ3) is 2.23. The molecule has 3 rings (SSSR count). The molecule has 1 fully saturated rings.